The lowest BCUT2D eigenvalue weighted by Crippen LogP contribution is -2.27. The van der Waals surface area contributed by atoms with Crippen molar-refractivity contribution in [1.29, 1.82) is 0 Å². The first-order valence-corrected chi connectivity index (χ1v) is 8.69. The van der Waals surface area contributed by atoms with Gasteiger partial charge in [0.25, 0.3) is 5.91 Å². The fourth-order valence-corrected chi connectivity index (χ4v) is 2.83. The summed E-state index contributed by atoms with van der Waals surface area (Å²) in [6.45, 7) is 3.79. The molecule has 0 aliphatic heterocycles. The molecule has 0 saturated carbocycles. The van der Waals surface area contributed by atoms with Crippen molar-refractivity contribution in [3.05, 3.63) is 47.3 Å². The van der Waals surface area contributed by atoms with Crippen molar-refractivity contribution in [2.24, 2.45) is 7.05 Å². The molecular formula is C15H19N3O3S. The van der Waals surface area contributed by atoms with E-state index < -0.39 is 9.84 Å². The molecule has 1 amide bonds. The Labute approximate surface area is 130 Å². The van der Waals surface area contributed by atoms with E-state index in [0.29, 0.717) is 5.56 Å². The zero-order chi connectivity index (χ0) is 16.5. The first-order chi connectivity index (χ1) is 10.2. The number of carbonyl (C=O) groups is 1. The van der Waals surface area contributed by atoms with Crippen molar-refractivity contribution in [2.45, 2.75) is 24.8 Å². The van der Waals surface area contributed by atoms with Gasteiger partial charge in [-0.05, 0) is 32.0 Å². The third-order valence-corrected chi connectivity index (χ3v) is 4.72. The first kappa shape index (κ1) is 16.2. The molecule has 2 aromatic rings. The van der Waals surface area contributed by atoms with E-state index in [1.807, 2.05) is 20.9 Å². The summed E-state index contributed by atoms with van der Waals surface area (Å²) < 4.78 is 24.9. The largest absolute Gasteiger partial charge is 0.345 e. The van der Waals surface area contributed by atoms with Crippen LogP contribution < -0.4 is 5.32 Å². The van der Waals surface area contributed by atoms with Crippen molar-refractivity contribution >= 4 is 15.7 Å². The zero-order valence-corrected chi connectivity index (χ0v) is 13.8. The summed E-state index contributed by atoms with van der Waals surface area (Å²) in [7, 11) is -1.50. The molecule has 2 rings (SSSR count). The van der Waals surface area contributed by atoms with Crippen LogP contribution in [0.5, 0.6) is 0 Å². The highest BCUT2D eigenvalue weighted by Crippen LogP contribution is 2.17. The fourth-order valence-electron chi connectivity index (χ4n) is 2.17. The Bertz CT molecular complexity index is 809. The van der Waals surface area contributed by atoms with Crippen LogP contribution in [0, 0.1) is 6.92 Å². The van der Waals surface area contributed by atoms with Crippen molar-refractivity contribution in [3.63, 3.8) is 0 Å². The Morgan fingerprint density at radius 2 is 2.05 bits per heavy atom. The molecule has 1 atom stereocenters. The first-order valence-electron chi connectivity index (χ1n) is 6.79. The minimum Gasteiger partial charge on any atom is -0.345 e. The second-order valence-corrected chi connectivity index (χ2v) is 7.32. The molecule has 0 fully saturated rings. The van der Waals surface area contributed by atoms with Gasteiger partial charge < -0.3 is 5.32 Å². The maximum absolute atomic E-state index is 12.3. The summed E-state index contributed by atoms with van der Waals surface area (Å²) >= 11 is 0. The summed E-state index contributed by atoms with van der Waals surface area (Å²) in [5.41, 5.74) is 2.21. The van der Waals surface area contributed by atoms with Gasteiger partial charge in [0, 0.05) is 30.1 Å². The molecule has 0 aliphatic rings. The van der Waals surface area contributed by atoms with E-state index in [1.54, 1.807) is 23.0 Å². The van der Waals surface area contributed by atoms with Crippen LogP contribution in [0.15, 0.2) is 35.4 Å². The zero-order valence-electron chi connectivity index (χ0n) is 13.0. The lowest BCUT2D eigenvalue weighted by molar-refractivity contribution is 0.0939. The lowest BCUT2D eigenvalue weighted by Gasteiger charge is -2.14. The highest BCUT2D eigenvalue weighted by molar-refractivity contribution is 7.90. The van der Waals surface area contributed by atoms with Gasteiger partial charge in [-0.15, -0.1) is 0 Å². The Hall–Kier alpha value is -2.15. The quantitative estimate of drug-likeness (QED) is 0.928. The highest BCUT2D eigenvalue weighted by Gasteiger charge is 2.17. The average molecular weight is 321 g/mol. The van der Waals surface area contributed by atoms with E-state index in [2.05, 4.69) is 10.4 Å². The number of aromatic nitrogens is 2. The van der Waals surface area contributed by atoms with Gasteiger partial charge in [0.2, 0.25) is 0 Å². The van der Waals surface area contributed by atoms with E-state index in [1.165, 1.54) is 12.1 Å². The van der Waals surface area contributed by atoms with Crippen LogP contribution >= 0.6 is 0 Å². The molecule has 0 saturated heterocycles. The standard InChI is InChI=1S/C15H19N3O3S/c1-10(14-9-16-18(3)11(14)2)17-15(19)12-6-5-7-13(8-12)22(4,20)21/h5-10H,1-4H3,(H,17,19)/t10-/m1/s1. The van der Waals surface area contributed by atoms with Gasteiger partial charge in [0.05, 0.1) is 17.1 Å². The second-order valence-electron chi connectivity index (χ2n) is 5.30. The van der Waals surface area contributed by atoms with Gasteiger partial charge in [-0.25, -0.2) is 8.42 Å². The molecule has 118 valence electrons. The van der Waals surface area contributed by atoms with Crippen LogP contribution in [0.4, 0.5) is 0 Å². The predicted octanol–water partition coefficient (Wildman–Crippen LogP) is 1.62. The van der Waals surface area contributed by atoms with Crippen LogP contribution in [0.25, 0.3) is 0 Å². The molecule has 0 bridgehead atoms. The summed E-state index contributed by atoms with van der Waals surface area (Å²) in [5, 5.41) is 7.01. The van der Waals surface area contributed by atoms with Crippen molar-refractivity contribution < 1.29 is 13.2 Å². The van der Waals surface area contributed by atoms with Gasteiger partial charge >= 0.3 is 0 Å². The Kier molecular flexibility index (Phi) is 4.37. The topological polar surface area (TPSA) is 81.1 Å². The molecule has 1 aromatic heterocycles. The van der Waals surface area contributed by atoms with Gasteiger partial charge in [-0.3, -0.25) is 9.48 Å². The molecule has 0 spiro atoms. The van der Waals surface area contributed by atoms with E-state index >= 15 is 0 Å². The van der Waals surface area contributed by atoms with Gasteiger partial charge in [0.1, 0.15) is 0 Å². The molecule has 1 N–H and O–H groups in total. The monoisotopic (exact) mass is 321 g/mol. The smallest absolute Gasteiger partial charge is 0.251 e. The van der Waals surface area contributed by atoms with Crippen LogP contribution in [0.2, 0.25) is 0 Å². The molecule has 7 heteroatoms. The summed E-state index contributed by atoms with van der Waals surface area (Å²) in [6.07, 6.45) is 2.83. The number of nitrogens with zero attached hydrogens (tertiary/aromatic N) is 2. The van der Waals surface area contributed by atoms with Crippen molar-refractivity contribution in [3.8, 4) is 0 Å². The van der Waals surface area contributed by atoms with Gasteiger partial charge in [-0.1, -0.05) is 6.07 Å². The molecule has 22 heavy (non-hydrogen) atoms. The van der Waals surface area contributed by atoms with Crippen molar-refractivity contribution in [2.75, 3.05) is 6.26 Å². The number of nitrogens with one attached hydrogen (secondary N) is 1. The Balaban J connectivity index is 2.21. The maximum Gasteiger partial charge on any atom is 0.251 e. The molecule has 0 radical (unpaired) electrons. The third-order valence-electron chi connectivity index (χ3n) is 3.61. The second kappa shape index (κ2) is 5.92. The number of aryl methyl sites for hydroxylation is 1. The minimum atomic E-state index is -3.34. The number of hydrogen-bond acceptors (Lipinski definition) is 4. The molecule has 1 heterocycles. The summed E-state index contributed by atoms with van der Waals surface area (Å²) in [4.78, 5) is 12.4. The van der Waals surface area contributed by atoms with Crippen LogP contribution in [-0.4, -0.2) is 30.4 Å². The minimum absolute atomic E-state index is 0.130. The Morgan fingerprint density at radius 3 is 2.59 bits per heavy atom. The number of amides is 1. The predicted molar refractivity (Wildman–Crippen MR) is 83.4 cm³/mol. The third kappa shape index (κ3) is 3.36. The van der Waals surface area contributed by atoms with E-state index in [9.17, 15) is 13.2 Å². The normalized spacial score (nSPS) is 12.9. The number of rotatable bonds is 4. The van der Waals surface area contributed by atoms with E-state index in [0.717, 1.165) is 17.5 Å². The molecule has 0 aliphatic carbocycles. The molecular weight excluding hydrogens is 302 g/mol. The van der Waals surface area contributed by atoms with Crippen molar-refractivity contribution in [1.82, 2.24) is 15.1 Å². The number of carbonyl (C=O) groups excluding carboxylic acids is 1. The SMILES string of the molecule is Cc1c([C@@H](C)NC(=O)c2cccc(S(C)(=O)=O)c2)cnn1C. The number of hydrogen-bond donors (Lipinski definition) is 1. The van der Waals surface area contributed by atoms with E-state index in [-0.39, 0.29) is 16.8 Å². The molecule has 0 unspecified atom stereocenters. The fraction of sp³-hybridized carbons (Fsp3) is 0.333. The van der Waals surface area contributed by atoms with Crippen LogP contribution in [-0.2, 0) is 16.9 Å². The summed E-state index contributed by atoms with van der Waals surface area (Å²) in [6, 6.07) is 5.79. The maximum atomic E-state index is 12.3. The van der Waals surface area contributed by atoms with Crippen LogP contribution in [0.3, 0.4) is 0 Å². The summed E-state index contributed by atoms with van der Waals surface area (Å²) in [5.74, 6) is -0.318. The van der Waals surface area contributed by atoms with Gasteiger partial charge in [-0.2, -0.15) is 5.10 Å². The Morgan fingerprint density at radius 1 is 1.36 bits per heavy atom. The molecule has 1 aromatic carbocycles. The van der Waals surface area contributed by atoms with Gasteiger partial charge in [0.15, 0.2) is 9.84 Å². The van der Waals surface area contributed by atoms with E-state index in [4.69, 9.17) is 0 Å². The number of sulfone groups is 1. The number of benzene rings is 1. The highest BCUT2D eigenvalue weighted by atomic mass is 32.2. The van der Waals surface area contributed by atoms with Crippen LogP contribution in [0.1, 0.15) is 34.6 Å². The average Bonchev–Trinajstić information content (AvgIpc) is 2.78. The lowest BCUT2D eigenvalue weighted by atomic mass is 10.1. The molecule has 6 nitrogen and oxygen atoms in total.